The number of guanidine groups is 1. The van der Waals surface area contributed by atoms with E-state index < -0.39 is 0 Å². The van der Waals surface area contributed by atoms with Gasteiger partial charge >= 0.3 is 0 Å². The standard InChI is InChI=1S/C18H24BrN3O2/c1-22(11-23)17(20)21-16-15-9-13(19)4-3-12(15)10-18(16)7-5-14(24-2)6-8-18/h3-4,9,11,14,16H,5-8,10H2,1-2H3,(H2,20,21). The Hall–Kier alpha value is -1.40. The van der Waals surface area contributed by atoms with Crippen molar-refractivity contribution in [1.82, 2.24) is 4.90 Å². The van der Waals surface area contributed by atoms with Crippen molar-refractivity contribution in [3.63, 3.8) is 0 Å². The molecule has 5 nitrogen and oxygen atoms in total. The quantitative estimate of drug-likeness (QED) is 0.487. The molecule has 2 aliphatic carbocycles. The van der Waals surface area contributed by atoms with E-state index in [9.17, 15) is 4.79 Å². The van der Waals surface area contributed by atoms with Crippen LogP contribution in [-0.2, 0) is 16.0 Å². The van der Waals surface area contributed by atoms with Crippen molar-refractivity contribution in [3.05, 3.63) is 33.8 Å². The second kappa shape index (κ2) is 6.84. The highest BCUT2D eigenvalue weighted by molar-refractivity contribution is 9.10. The van der Waals surface area contributed by atoms with Gasteiger partial charge in [0.15, 0.2) is 5.96 Å². The average Bonchev–Trinajstić information content (AvgIpc) is 2.88. The van der Waals surface area contributed by atoms with Gasteiger partial charge in [-0.25, -0.2) is 4.99 Å². The fourth-order valence-corrected chi connectivity index (χ4v) is 4.50. The molecule has 1 aromatic carbocycles. The zero-order valence-corrected chi connectivity index (χ0v) is 15.8. The van der Waals surface area contributed by atoms with Crippen molar-refractivity contribution in [3.8, 4) is 0 Å². The molecule has 1 aromatic rings. The Morgan fingerprint density at radius 2 is 2.17 bits per heavy atom. The first-order valence-corrected chi connectivity index (χ1v) is 9.11. The van der Waals surface area contributed by atoms with Crippen LogP contribution in [0.5, 0.6) is 0 Å². The first kappa shape index (κ1) is 17.4. The number of carbonyl (C=O) groups excluding carboxylic acids is 1. The molecule has 6 heteroatoms. The number of hydrogen-bond donors (Lipinski definition) is 1. The monoisotopic (exact) mass is 393 g/mol. The number of benzene rings is 1. The van der Waals surface area contributed by atoms with Crippen molar-refractivity contribution in [2.75, 3.05) is 14.2 Å². The molecule has 0 aliphatic heterocycles. The van der Waals surface area contributed by atoms with Crippen LogP contribution in [-0.4, -0.2) is 37.5 Å². The number of nitrogens with two attached hydrogens (primary N) is 1. The molecule has 0 bridgehead atoms. The Kier molecular flexibility index (Phi) is 4.97. The molecular formula is C18H24BrN3O2. The van der Waals surface area contributed by atoms with E-state index in [1.807, 2.05) is 0 Å². The van der Waals surface area contributed by atoms with Crippen molar-refractivity contribution in [2.45, 2.75) is 44.2 Å². The fraction of sp³-hybridized carbons (Fsp3) is 0.556. The third-order valence-corrected chi connectivity index (χ3v) is 6.06. The van der Waals surface area contributed by atoms with Gasteiger partial charge < -0.3 is 10.5 Å². The van der Waals surface area contributed by atoms with Gasteiger partial charge in [-0.05, 0) is 55.4 Å². The van der Waals surface area contributed by atoms with Crippen molar-refractivity contribution in [1.29, 1.82) is 0 Å². The number of methoxy groups -OCH3 is 1. The highest BCUT2D eigenvalue weighted by Crippen LogP contribution is 2.56. The maximum Gasteiger partial charge on any atom is 0.216 e. The van der Waals surface area contributed by atoms with Crippen molar-refractivity contribution in [2.24, 2.45) is 16.1 Å². The summed E-state index contributed by atoms with van der Waals surface area (Å²) in [7, 11) is 3.42. The number of ether oxygens (including phenoxy) is 1. The maximum absolute atomic E-state index is 11.0. The lowest BCUT2D eigenvalue weighted by molar-refractivity contribution is -0.114. The van der Waals surface area contributed by atoms with Gasteiger partial charge in [0.05, 0.1) is 12.1 Å². The summed E-state index contributed by atoms with van der Waals surface area (Å²) in [4.78, 5) is 17.1. The van der Waals surface area contributed by atoms with Crippen LogP contribution in [0.1, 0.15) is 42.9 Å². The van der Waals surface area contributed by atoms with E-state index in [0.717, 1.165) is 36.6 Å². The topological polar surface area (TPSA) is 67.9 Å². The predicted molar refractivity (Wildman–Crippen MR) is 97.7 cm³/mol. The molecule has 2 N–H and O–H groups in total. The Labute approximate surface area is 151 Å². The number of nitrogens with zero attached hydrogens (tertiary/aromatic N) is 2. The molecule has 0 heterocycles. The predicted octanol–water partition coefficient (Wildman–Crippen LogP) is 3.02. The van der Waals surface area contributed by atoms with E-state index >= 15 is 0 Å². The summed E-state index contributed by atoms with van der Waals surface area (Å²) in [5.74, 6) is 0.274. The van der Waals surface area contributed by atoms with Crippen LogP contribution in [0.25, 0.3) is 0 Å². The summed E-state index contributed by atoms with van der Waals surface area (Å²) in [6, 6.07) is 6.40. The molecule has 0 saturated heterocycles. The third kappa shape index (κ3) is 3.09. The average molecular weight is 394 g/mol. The second-order valence-electron chi connectivity index (χ2n) is 6.92. The molecule has 3 rings (SSSR count). The van der Waals surface area contributed by atoms with Gasteiger partial charge in [-0.15, -0.1) is 0 Å². The van der Waals surface area contributed by atoms with E-state index in [1.165, 1.54) is 16.0 Å². The smallest absolute Gasteiger partial charge is 0.216 e. The van der Waals surface area contributed by atoms with Gasteiger partial charge in [0, 0.05) is 24.0 Å². The largest absolute Gasteiger partial charge is 0.381 e. The number of halogens is 1. The third-order valence-electron chi connectivity index (χ3n) is 5.57. The van der Waals surface area contributed by atoms with Crippen LogP contribution in [0.2, 0.25) is 0 Å². The first-order valence-electron chi connectivity index (χ1n) is 8.31. The van der Waals surface area contributed by atoms with E-state index in [1.54, 1.807) is 14.2 Å². The first-order chi connectivity index (χ1) is 11.5. The molecular weight excluding hydrogens is 370 g/mol. The highest BCUT2D eigenvalue weighted by Gasteiger charge is 2.48. The minimum Gasteiger partial charge on any atom is -0.381 e. The summed E-state index contributed by atoms with van der Waals surface area (Å²) in [6.45, 7) is 0. The molecule has 2 aliphatic rings. The van der Waals surface area contributed by atoms with E-state index in [2.05, 4.69) is 34.1 Å². The van der Waals surface area contributed by atoms with Gasteiger partial charge in [-0.2, -0.15) is 0 Å². The lowest BCUT2D eigenvalue weighted by atomic mass is 9.69. The normalized spacial score (nSPS) is 29.5. The number of hydrogen-bond acceptors (Lipinski definition) is 3. The summed E-state index contributed by atoms with van der Waals surface area (Å²) in [5.41, 5.74) is 8.69. The summed E-state index contributed by atoms with van der Waals surface area (Å²) < 4.78 is 6.59. The molecule has 1 saturated carbocycles. The van der Waals surface area contributed by atoms with E-state index in [0.29, 0.717) is 12.5 Å². The van der Waals surface area contributed by atoms with Gasteiger partial charge in [-0.1, -0.05) is 22.0 Å². The minimum atomic E-state index is -0.00907. The Morgan fingerprint density at radius 1 is 1.46 bits per heavy atom. The van der Waals surface area contributed by atoms with Crippen molar-refractivity contribution >= 4 is 28.3 Å². The molecule has 1 atom stereocenters. The highest BCUT2D eigenvalue weighted by atomic mass is 79.9. The summed E-state index contributed by atoms with van der Waals surface area (Å²) in [5, 5.41) is 0. The van der Waals surface area contributed by atoms with Crippen LogP contribution in [0.3, 0.4) is 0 Å². The lowest BCUT2D eigenvalue weighted by Gasteiger charge is -2.40. The lowest BCUT2D eigenvalue weighted by Crippen LogP contribution is -2.37. The van der Waals surface area contributed by atoms with Crippen LogP contribution in [0.4, 0.5) is 0 Å². The van der Waals surface area contributed by atoms with Crippen molar-refractivity contribution < 1.29 is 9.53 Å². The number of amides is 1. The molecule has 1 fully saturated rings. The maximum atomic E-state index is 11.0. The number of fused-ring (bicyclic) bond motifs is 1. The summed E-state index contributed by atoms with van der Waals surface area (Å²) >= 11 is 3.57. The van der Waals surface area contributed by atoms with Crippen LogP contribution in [0, 0.1) is 5.41 Å². The molecule has 130 valence electrons. The van der Waals surface area contributed by atoms with Gasteiger partial charge in [0.1, 0.15) is 0 Å². The van der Waals surface area contributed by atoms with Crippen LogP contribution in [0.15, 0.2) is 27.7 Å². The number of aliphatic imine (C=N–C) groups is 1. The Morgan fingerprint density at radius 3 is 2.79 bits per heavy atom. The molecule has 0 radical (unpaired) electrons. The number of rotatable bonds is 3. The minimum absolute atomic E-state index is 0.00907. The summed E-state index contributed by atoms with van der Waals surface area (Å²) in [6.07, 6.45) is 6.25. The van der Waals surface area contributed by atoms with Gasteiger partial charge in [0.2, 0.25) is 6.41 Å². The zero-order valence-electron chi connectivity index (χ0n) is 14.2. The Balaban J connectivity index is 1.99. The molecule has 1 spiro atoms. The van der Waals surface area contributed by atoms with Crippen LogP contribution >= 0.6 is 15.9 Å². The van der Waals surface area contributed by atoms with Gasteiger partial charge in [0.25, 0.3) is 0 Å². The SMILES string of the molecule is COC1CCC2(CC1)Cc1ccc(Br)cc1C2/N=C(/N)N(C)C=O. The van der Waals surface area contributed by atoms with E-state index in [4.69, 9.17) is 15.5 Å². The number of carbonyl (C=O) groups is 1. The Bertz CT molecular complexity index is 654. The van der Waals surface area contributed by atoms with Crippen LogP contribution < -0.4 is 5.73 Å². The van der Waals surface area contributed by atoms with E-state index in [-0.39, 0.29) is 17.4 Å². The molecule has 1 unspecified atom stereocenters. The molecule has 1 amide bonds. The second-order valence-corrected chi connectivity index (χ2v) is 7.84. The van der Waals surface area contributed by atoms with Gasteiger partial charge in [-0.3, -0.25) is 9.69 Å². The molecule has 0 aromatic heterocycles. The zero-order chi connectivity index (χ0) is 17.3. The molecule has 24 heavy (non-hydrogen) atoms. The fourth-order valence-electron chi connectivity index (χ4n) is 4.12.